The van der Waals surface area contributed by atoms with Crippen LogP contribution in [0.4, 0.5) is 11.4 Å². The van der Waals surface area contributed by atoms with Gasteiger partial charge in [-0.25, -0.2) is 0 Å². The van der Waals surface area contributed by atoms with Gasteiger partial charge in [0.15, 0.2) is 0 Å². The van der Waals surface area contributed by atoms with Gasteiger partial charge in [-0.05, 0) is 42.2 Å². The highest BCUT2D eigenvalue weighted by molar-refractivity contribution is 8.00. The number of nitrogens with one attached hydrogen (secondary N) is 1. The summed E-state index contributed by atoms with van der Waals surface area (Å²) < 4.78 is 0. The molecule has 9 heteroatoms. The Balaban J connectivity index is 1.70. The molecule has 5 atom stereocenters. The third kappa shape index (κ3) is 3.32. The van der Waals surface area contributed by atoms with E-state index in [1.54, 1.807) is 36.4 Å². The zero-order valence-electron chi connectivity index (χ0n) is 14.4. The molecule has 0 amide bonds. The van der Waals surface area contributed by atoms with Gasteiger partial charge in [-0.15, -0.1) is 23.4 Å². The minimum absolute atomic E-state index is 0.0178. The molecule has 146 valence electrons. The summed E-state index contributed by atoms with van der Waals surface area (Å²) >= 11 is 14.3. The monoisotopic (exact) mass is 437 g/mol. The van der Waals surface area contributed by atoms with Gasteiger partial charge in [-0.2, -0.15) is 0 Å². The first kappa shape index (κ1) is 19.4. The number of para-hydroxylation sites is 1. The molecule has 0 spiro atoms. The van der Waals surface area contributed by atoms with Crippen LogP contribution in [0, 0.1) is 16.0 Å². The lowest BCUT2D eigenvalue weighted by Crippen LogP contribution is -2.49. The van der Waals surface area contributed by atoms with E-state index in [2.05, 4.69) is 5.32 Å². The molecule has 1 heterocycles. The Hall–Kier alpha value is -1.96. The lowest BCUT2D eigenvalue weighted by Gasteiger charge is -2.38. The number of hydrogen-bond donors (Lipinski definition) is 1. The smallest absolute Gasteiger partial charge is 0.282 e. The van der Waals surface area contributed by atoms with Gasteiger partial charge in [0.2, 0.25) is 0 Å². The fourth-order valence-corrected chi connectivity index (χ4v) is 6.32. The number of carbonyl (C=O) groups excluding carboxylic acids is 1. The highest BCUT2D eigenvalue weighted by atomic mass is 35.5. The number of nitrogens with zero attached hydrogens (tertiary/aromatic N) is 1. The Bertz CT molecular complexity index is 957. The van der Waals surface area contributed by atoms with E-state index in [0.717, 1.165) is 5.56 Å². The van der Waals surface area contributed by atoms with Gasteiger partial charge in [0.25, 0.3) is 5.69 Å². The van der Waals surface area contributed by atoms with E-state index in [0.29, 0.717) is 22.0 Å². The standard InChI is InChI=1S/C19H16Cl2N2O4S/c20-9-5-6-12-10(7-9)16-11(18(22-12)19(24)25)8-15(17(16)21)28-14-4-2-1-3-13(14)23(26)27/h1-7,11,15-18,22H,8H2,(H,24,25)/p-1/t11-,15-,16+,17-,18+/m1/s1. The van der Waals surface area contributed by atoms with Crippen LogP contribution in [-0.2, 0) is 4.79 Å². The molecule has 0 radical (unpaired) electrons. The van der Waals surface area contributed by atoms with Crippen LogP contribution < -0.4 is 10.4 Å². The van der Waals surface area contributed by atoms with Gasteiger partial charge in [0, 0.05) is 27.9 Å². The third-order valence-corrected chi connectivity index (χ3v) is 7.72. The molecule has 6 nitrogen and oxygen atoms in total. The molecule has 0 aromatic heterocycles. The van der Waals surface area contributed by atoms with Crippen LogP contribution in [0.25, 0.3) is 0 Å². The lowest BCUT2D eigenvalue weighted by atomic mass is 9.79. The number of nitro groups is 1. The van der Waals surface area contributed by atoms with E-state index in [1.165, 1.54) is 17.8 Å². The maximum Gasteiger partial charge on any atom is 0.282 e. The van der Waals surface area contributed by atoms with Crippen LogP contribution in [0.5, 0.6) is 0 Å². The predicted molar refractivity (Wildman–Crippen MR) is 107 cm³/mol. The summed E-state index contributed by atoms with van der Waals surface area (Å²) in [6, 6.07) is 10.9. The molecule has 28 heavy (non-hydrogen) atoms. The van der Waals surface area contributed by atoms with E-state index in [1.807, 2.05) is 0 Å². The number of anilines is 1. The third-order valence-electron chi connectivity index (χ3n) is 5.37. The van der Waals surface area contributed by atoms with E-state index in [4.69, 9.17) is 23.2 Å². The molecular weight excluding hydrogens is 423 g/mol. The summed E-state index contributed by atoms with van der Waals surface area (Å²) in [5.74, 6) is -1.71. The number of thioether (sulfide) groups is 1. The SMILES string of the molecule is O=C([O-])[C@H]1Nc2ccc(Cl)cc2[C@@H]2[C@H](Cl)[C@H](Sc3ccccc3[N+](=O)[O-])C[C@H]21. The van der Waals surface area contributed by atoms with Crippen molar-refractivity contribution in [3.8, 4) is 0 Å². The van der Waals surface area contributed by atoms with Crippen LogP contribution in [0.2, 0.25) is 5.02 Å². The number of carboxylic acid groups (broad SMARTS) is 1. The molecule has 1 fully saturated rings. The molecule has 1 N–H and O–H groups in total. The fourth-order valence-electron chi connectivity index (χ4n) is 4.19. The van der Waals surface area contributed by atoms with E-state index < -0.39 is 22.3 Å². The van der Waals surface area contributed by atoms with Gasteiger partial charge < -0.3 is 15.2 Å². The van der Waals surface area contributed by atoms with Crippen molar-refractivity contribution in [3.63, 3.8) is 0 Å². The minimum Gasteiger partial charge on any atom is -0.548 e. The van der Waals surface area contributed by atoms with Crippen molar-refractivity contribution in [2.75, 3.05) is 5.32 Å². The summed E-state index contributed by atoms with van der Waals surface area (Å²) in [5.41, 5.74) is 1.58. The highest BCUT2D eigenvalue weighted by Crippen LogP contribution is 2.55. The van der Waals surface area contributed by atoms with Crippen molar-refractivity contribution in [3.05, 3.63) is 63.2 Å². The quantitative estimate of drug-likeness (QED) is 0.445. The Morgan fingerprint density at radius 1 is 1.25 bits per heavy atom. The highest BCUT2D eigenvalue weighted by Gasteiger charge is 2.50. The van der Waals surface area contributed by atoms with Crippen molar-refractivity contribution in [2.45, 2.75) is 33.9 Å². The summed E-state index contributed by atoms with van der Waals surface area (Å²) in [7, 11) is 0. The largest absolute Gasteiger partial charge is 0.548 e. The fraction of sp³-hybridized carbons (Fsp3) is 0.316. The molecule has 1 aliphatic carbocycles. The molecule has 2 aromatic carbocycles. The van der Waals surface area contributed by atoms with Crippen molar-refractivity contribution in [1.29, 1.82) is 0 Å². The molecule has 2 aliphatic rings. The Labute approximate surface area is 175 Å². The van der Waals surface area contributed by atoms with Crippen molar-refractivity contribution in [1.82, 2.24) is 0 Å². The molecule has 0 saturated heterocycles. The van der Waals surface area contributed by atoms with Gasteiger partial charge in [-0.1, -0.05) is 23.7 Å². The van der Waals surface area contributed by atoms with Crippen LogP contribution in [0.1, 0.15) is 17.9 Å². The number of nitro benzene ring substituents is 1. The number of carbonyl (C=O) groups is 1. The van der Waals surface area contributed by atoms with Crippen molar-refractivity contribution >= 4 is 52.3 Å². The number of fused-ring (bicyclic) bond motifs is 3. The van der Waals surface area contributed by atoms with E-state index in [9.17, 15) is 20.0 Å². The average Bonchev–Trinajstić information content (AvgIpc) is 2.98. The van der Waals surface area contributed by atoms with E-state index in [-0.39, 0.29) is 22.8 Å². The maximum atomic E-state index is 11.7. The molecular formula is C19H15Cl2N2O4S-. The lowest BCUT2D eigenvalue weighted by molar-refractivity contribution is -0.387. The average molecular weight is 438 g/mol. The summed E-state index contributed by atoms with van der Waals surface area (Å²) in [4.78, 5) is 23.2. The predicted octanol–water partition coefficient (Wildman–Crippen LogP) is 3.66. The van der Waals surface area contributed by atoms with Gasteiger partial charge >= 0.3 is 0 Å². The Morgan fingerprint density at radius 2 is 2.00 bits per heavy atom. The molecule has 1 saturated carbocycles. The number of halogens is 2. The van der Waals surface area contributed by atoms with E-state index >= 15 is 0 Å². The molecule has 1 aliphatic heterocycles. The first-order valence-corrected chi connectivity index (χ1v) is 10.4. The van der Waals surface area contributed by atoms with Crippen molar-refractivity contribution < 1.29 is 14.8 Å². The summed E-state index contributed by atoms with van der Waals surface area (Å²) in [6.07, 6.45) is 0.493. The maximum absolute atomic E-state index is 11.7. The summed E-state index contributed by atoms with van der Waals surface area (Å²) in [6.45, 7) is 0. The normalized spacial score (nSPS) is 28.1. The molecule has 2 aromatic rings. The Kier molecular flexibility index (Phi) is 5.16. The topological polar surface area (TPSA) is 95.3 Å². The van der Waals surface area contributed by atoms with Crippen LogP contribution in [-0.4, -0.2) is 27.6 Å². The second kappa shape index (κ2) is 7.46. The number of aliphatic carboxylic acids is 1. The van der Waals surface area contributed by atoms with Crippen molar-refractivity contribution in [2.24, 2.45) is 5.92 Å². The molecule has 0 unspecified atom stereocenters. The number of hydrogen-bond acceptors (Lipinski definition) is 6. The number of carboxylic acids is 1. The first-order chi connectivity index (χ1) is 13.4. The second-order valence-electron chi connectivity index (χ2n) is 6.92. The molecule has 4 rings (SSSR count). The van der Waals surface area contributed by atoms with Gasteiger partial charge in [0.1, 0.15) is 0 Å². The number of benzene rings is 2. The Morgan fingerprint density at radius 3 is 2.71 bits per heavy atom. The van der Waals surface area contributed by atoms with Crippen LogP contribution in [0.3, 0.4) is 0 Å². The second-order valence-corrected chi connectivity index (χ2v) is 9.14. The zero-order chi connectivity index (χ0) is 20.0. The van der Waals surface area contributed by atoms with Crippen LogP contribution >= 0.6 is 35.0 Å². The van der Waals surface area contributed by atoms with Gasteiger partial charge in [-0.3, -0.25) is 10.1 Å². The van der Waals surface area contributed by atoms with Crippen LogP contribution in [0.15, 0.2) is 47.4 Å². The zero-order valence-corrected chi connectivity index (χ0v) is 16.7. The first-order valence-electron chi connectivity index (χ1n) is 8.68. The van der Waals surface area contributed by atoms with Gasteiger partial charge in [0.05, 0.1) is 27.2 Å². The number of rotatable bonds is 4. The minimum atomic E-state index is -1.18. The number of alkyl halides is 1. The molecule has 0 bridgehead atoms. The summed E-state index contributed by atoms with van der Waals surface area (Å²) in [5, 5.41) is 26.1.